The van der Waals surface area contributed by atoms with Crippen LogP contribution in [0.25, 0.3) is 0 Å². The Morgan fingerprint density at radius 1 is 2.00 bits per heavy atom. The molecule has 0 radical (unpaired) electrons. The minimum atomic E-state index is -2.25. The zero-order valence-electron chi connectivity index (χ0n) is 2.09. The van der Waals surface area contributed by atoms with E-state index in [2.05, 4.69) is 15.8 Å². The summed E-state index contributed by atoms with van der Waals surface area (Å²) in [7, 11) is 0. The Balaban J connectivity index is 3.02. The van der Waals surface area contributed by atoms with Gasteiger partial charge in [0.2, 0.25) is 0 Å². The summed E-state index contributed by atoms with van der Waals surface area (Å²) in [6, 6.07) is 0. The molecule has 0 saturated carbocycles. The van der Waals surface area contributed by atoms with Crippen LogP contribution in [0.2, 0.25) is 0 Å². The van der Waals surface area contributed by atoms with Crippen molar-refractivity contribution < 1.29 is 4.32 Å². The quantitative estimate of drug-likeness (QED) is 0.469. The van der Waals surface area contributed by atoms with Crippen molar-refractivity contribution in [3.05, 3.63) is 0 Å². The fourth-order valence-electron chi connectivity index (χ4n) is 0. The van der Waals surface area contributed by atoms with Crippen molar-refractivity contribution in [1.82, 2.24) is 0 Å². The Morgan fingerprint density at radius 2 is 2.00 bits per heavy atom. The molecule has 0 nitrogen and oxygen atoms in total. The Bertz CT molecular complexity index is 27.1. The molecule has 0 N–H and O–H groups in total. The molecule has 0 aromatic carbocycles. The van der Waals surface area contributed by atoms with E-state index in [4.69, 9.17) is 11.5 Å². The van der Waals surface area contributed by atoms with Gasteiger partial charge in [-0.05, 0) is 0 Å². The Hall–Kier alpha value is 1.49. The molecule has 0 aliphatic carbocycles. The van der Waals surface area contributed by atoms with Gasteiger partial charge in [-0.3, -0.25) is 38.1 Å². The minimum Gasteiger partial charge on any atom is -0.472 e. The standard InChI is InChI=1S/BBrClFI/c2-1(3,4)5/q-1. The first-order valence-electron chi connectivity index (χ1n) is 0.873. The van der Waals surface area contributed by atoms with Gasteiger partial charge in [0.25, 0.3) is 0 Å². The molecule has 0 aromatic rings. The first-order chi connectivity index (χ1) is 2.00. The monoisotopic (exact) mass is 271 g/mol. The maximum atomic E-state index is 11.4. The minimum absolute atomic E-state index is 1.46. The van der Waals surface area contributed by atoms with Crippen LogP contribution in [0.15, 0.2) is 0 Å². The van der Waals surface area contributed by atoms with E-state index in [1.165, 1.54) is 22.4 Å². The van der Waals surface area contributed by atoms with E-state index in [0.29, 0.717) is 0 Å². The highest BCUT2D eigenvalue weighted by molar-refractivity contribution is 14.1. The summed E-state index contributed by atoms with van der Waals surface area (Å²) < 4.78 is 9.17. The lowest BCUT2D eigenvalue weighted by molar-refractivity contribution is 0.884. The van der Waals surface area contributed by atoms with E-state index in [-0.39, 0.29) is 0 Å². The molecule has 0 aromatic heterocycles. The molecule has 0 aliphatic rings. The molecule has 0 aliphatic heterocycles. The van der Waals surface area contributed by atoms with Gasteiger partial charge in [0.1, 0.15) is 0 Å². The van der Waals surface area contributed by atoms with Gasteiger partial charge in [0.05, 0.1) is 0 Å². The van der Waals surface area contributed by atoms with Crippen LogP contribution in [0.4, 0.5) is 4.32 Å². The number of hydrogen-bond acceptors (Lipinski definition) is 0. The maximum Gasteiger partial charge on any atom is 0.354 e. The largest absolute Gasteiger partial charge is 0.472 e. The lowest BCUT2D eigenvalue weighted by Crippen LogP contribution is -1.91. The highest BCUT2D eigenvalue weighted by Gasteiger charge is 2.04. The smallest absolute Gasteiger partial charge is 0.354 e. The summed E-state index contributed by atoms with van der Waals surface area (Å²) in [5, 5.41) is 0. The van der Waals surface area contributed by atoms with Crippen LogP contribution < -0.4 is 0 Å². The van der Waals surface area contributed by atoms with E-state index in [1.807, 2.05) is 0 Å². The Labute approximate surface area is 56.2 Å². The predicted molar refractivity (Wildman–Crippen MR) is 35.7 cm³/mol. The van der Waals surface area contributed by atoms with Crippen LogP contribution in [-0.4, -0.2) is 2.52 Å². The fourth-order valence-corrected chi connectivity index (χ4v) is 0. The zero-order valence-corrected chi connectivity index (χ0v) is 6.59. The highest BCUT2D eigenvalue weighted by Crippen LogP contribution is 2.25. The molecular formula is BBrClFI-. The topological polar surface area (TPSA) is 0 Å². The third kappa shape index (κ3) is 30.0. The second-order valence-electron chi connectivity index (χ2n) is 0.495. The Morgan fingerprint density at radius 3 is 2.00 bits per heavy atom. The molecule has 5 heteroatoms. The van der Waals surface area contributed by atoms with Crippen LogP contribution in [-0.2, 0) is 0 Å². The van der Waals surface area contributed by atoms with Gasteiger partial charge in [0.15, 0.2) is 0 Å². The first kappa shape index (κ1) is 6.49. The molecule has 32 valence electrons. The van der Waals surface area contributed by atoms with Gasteiger partial charge in [-0.15, -0.1) is 0 Å². The van der Waals surface area contributed by atoms with Crippen molar-refractivity contribution in [3.8, 4) is 0 Å². The van der Waals surface area contributed by atoms with Crippen LogP contribution in [0.1, 0.15) is 0 Å². The van der Waals surface area contributed by atoms with Crippen LogP contribution >= 0.6 is 49.6 Å². The molecule has 0 spiro atoms. The van der Waals surface area contributed by atoms with E-state index >= 15 is 0 Å². The van der Waals surface area contributed by atoms with Crippen molar-refractivity contribution in [2.45, 2.75) is 0 Å². The average Bonchev–Trinajstić information content (AvgIpc) is 0.722. The SMILES string of the molecule is F[B-](Cl)(Br)I. The molecule has 0 bridgehead atoms. The third-order valence-corrected chi connectivity index (χ3v) is 0. The number of rotatable bonds is 0. The summed E-state index contributed by atoms with van der Waals surface area (Å²) in [6.07, 6.45) is 0. The van der Waals surface area contributed by atoms with Gasteiger partial charge in [-0.25, -0.2) is 0 Å². The van der Waals surface area contributed by atoms with Gasteiger partial charge in [-0.1, -0.05) is 0 Å². The van der Waals surface area contributed by atoms with Gasteiger partial charge < -0.3 is 15.8 Å². The van der Waals surface area contributed by atoms with Crippen molar-refractivity contribution in [3.63, 3.8) is 0 Å². The van der Waals surface area contributed by atoms with E-state index < -0.39 is 2.52 Å². The second kappa shape index (κ2) is 1.98. The average molecular weight is 272 g/mol. The van der Waals surface area contributed by atoms with Crippen LogP contribution in [0.3, 0.4) is 0 Å². The molecule has 0 heterocycles. The summed E-state index contributed by atoms with van der Waals surface area (Å²) in [6.45, 7) is 0. The molecule has 0 rings (SSSR count). The summed E-state index contributed by atoms with van der Waals surface area (Å²) >= 11 is 8.81. The lowest BCUT2D eigenvalue weighted by Gasteiger charge is -2.02. The molecule has 0 amide bonds. The Kier molecular flexibility index (Phi) is 2.57. The fraction of sp³-hybridized carbons (Fsp3) is 0. The van der Waals surface area contributed by atoms with Crippen molar-refractivity contribution in [2.75, 3.05) is 0 Å². The van der Waals surface area contributed by atoms with E-state index in [1.54, 1.807) is 0 Å². The molecule has 5 heavy (non-hydrogen) atoms. The second-order valence-corrected chi connectivity index (χ2v) is 7.05. The van der Waals surface area contributed by atoms with Crippen molar-refractivity contribution >= 4 is 52.1 Å². The van der Waals surface area contributed by atoms with E-state index in [9.17, 15) is 4.32 Å². The third-order valence-electron chi connectivity index (χ3n) is 0. The highest BCUT2D eigenvalue weighted by atomic mass is 127. The first-order valence-corrected chi connectivity index (χ1v) is 3.47. The number of halogens is 4. The maximum absolute atomic E-state index is 11.4. The summed E-state index contributed by atoms with van der Waals surface area (Å²) in [5.41, 5.74) is 0. The van der Waals surface area contributed by atoms with Gasteiger partial charge >= 0.3 is 2.52 Å². The van der Waals surface area contributed by atoms with Crippen LogP contribution in [0.5, 0.6) is 0 Å². The summed E-state index contributed by atoms with van der Waals surface area (Å²) in [5.74, 6) is 0. The van der Waals surface area contributed by atoms with Crippen molar-refractivity contribution in [2.24, 2.45) is 0 Å². The normalized spacial score (nSPS) is 21.6. The van der Waals surface area contributed by atoms with E-state index in [0.717, 1.165) is 0 Å². The zero-order chi connectivity index (χ0) is 4.50. The van der Waals surface area contributed by atoms with Crippen LogP contribution in [0, 0.1) is 0 Å². The van der Waals surface area contributed by atoms with Gasteiger partial charge in [-0.2, -0.15) is 0 Å². The molecule has 1 unspecified atom stereocenters. The predicted octanol–water partition coefficient (Wildman–Crippen LogP) is 2.46. The molecule has 0 saturated heterocycles. The van der Waals surface area contributed by atoms with Crippen molar-refractivity contribution in [1.29, 1.82) is 0 Å². The summed E-state index contributed by atoms with van der Waals surface area (Å²) in [4.78, 5) is 0. The number of hydrogen-bond donors (Lipinski definition) is 0. The van der Waals surface area contributed by atoms with Gasteiger partial charge in [0, 0.05) is 0 Å². The molecular weight excluding hydrogens is 272 g/mol. The lowest BCUT2D eigenvalue weighted by atomic mass is 10.6. The molecule has 0 fully saturated rings. The molecule has 1 atom stereocenters.